The molecule has 0 spiro atoms. The van der Waals surface area contributed by atoms with Gasteiger partial charge in [-0.05, 0) is 88.9 Å². The molecule has 10 rings (SSSR count). The van der Waals surface area contributed by atoms with Gasteiger partial charge in [0, 0.05) is 63.9 Å². The number of carboxylic acid groups (broad SMARTS) is 2. The summed E-state index contributed by atoms with van der Waals surface area (Å²) in [6.07, 6.45) is -20.9. The van der Waals surface area contributed by atoms with E-state index in [0.29, 0.717) is 24.2 Å². The van der Waals surface area contributed by atoms with Crippen molar-refractivity contribution in [2.75, 3.05) is 52.6 Å². The van der Waals surface area contributed by atoms with Crippen LogP contribution in [0, 0.1) is 35.5 Å². The largest absolute Gasteiger partial charge is 0.479 e. The van der Waals surface area contributed by atoms with E-state index in [0.717, 1.165) is 64.2 Å². The van der Waals surface area contributed by atoms with Crippen LogP contribution in [0.2, 0.25) is 0 Å². The average molecular weight is 1740 g/mol. The first-order valence-electron chi connectivity index (χ1n) is 43.8. The minimum absolute atomic E-state index is 0.00817. The van der Waals surface area contributed by atoms with Crippen LogP contribution in [0.1, 0.15) is 180 Å². The number of aliphatic carboxylic acids is 2. The minimum atomic E-state index is -1.72. The van der Waals surface area contributed by atoms with Gasteiger partial charge in [0.05, 0.1) is 88.7 Å². The predicted molar refractivity (Wildman–Crippen MR) is 422 cm³/mol. The molecule has 6 heterocycles. The summed E-state index contributed by atoms with van der Waals surface area (Å²) in [5, 5.41) is 160. The Morgan fingerprint density at radius 3 is 1.24 bits per heavy atom. The molecule has 122 heavy (non-hydrogen) atoms. The summed E-state index contributed by atoms with van der Waals surface area (Å²) in [6.45, 7) is 6.49. The van der Waals surface area contributed by atoms with E-state index in [1.807, 2.05) is 13.8 Å². The highest BCUT2D eigenvalue weighted by Gasteiger charge is 2.56. The molecule has 694 valence electrons. The predicted octanol–water partition coefficient (Wildman–Crippen LogP) is -2.88. The summed E-state index contributed by atoms with van der Waals surface area (Å²) in [5.41, 5.74) is 12.4. The quantitative estimate of drug-likeness (QED) is 0.0296. The summed E-state index contributed by atoms with van der Waals surface area (Å²) in [6, 6.07) is -2.91. The number of rotatable bonds is 45. The van der Waals surface area contributed by atoms with Crippen LogP contribution in [0.25, 0.3) is 0 Å². The second-order valence-electron chi connectivity index (χ2n) is 34.0. The third-order valence-electron chi connectivity index (χ3n) is 25.1. The lowest BCUT2D eigenvalue weighted by molar-refractivity contribution is -0.338. The molecule has 4 amide bonds. The Morgan fingerprint density at radius 1 is 0.500 bits per heavy atom. The van der Waals surface area contributed by atoms with Gasteiger partial charge in [0.15, 0.2) is 37.4 Å². The highest BCUT2D eigenvalue weighted by molar-refractivity contribution is 5.80. The van der Waals surface area contributed by atoms with Gasteiger partial charge in [-0.2, -0.15) is 0 Å². The number of amides is 4. The maximum Gasteiger partial charge on any atom is 0.332 e. The normalized spacial score (nSPS) is 35.5. The Hall–Kier alpha value is -5.86. The van der Waals surface area contributed by atoms with E-state index >= 15 is 0 Å². The standard InChI is InChI=1S/C80H134N12O30/c1-5-45-31-47(73(105)83-23-21-81)33-51(69(45)121-79-67(103)65(101)61(97)41(3)113-79)117-77-59(71(63(99)55(37-93)119-77)115-53(75(107)108)29-43-15-9-7-10-16-43)85-57(95)19-13-25-91-35-49(87-89-91)39-111-27-28-112-40-50-36-92(90-88-50)26-14-20-58(96)86-60-72(116-54(76(109)110)30-44-17-11-8-12-18-44)64(100)56(38-94)120-78(60)118-52-34-48(74(106)84-24-22-82)32-46(6-2)70(52)122-80-68(104)66(102)62(98)42(4)114-80/h35-36,41-48,51-56,59-72,77-80,93-94,97-104H,5-34,37-40,81-82H2,1-4H3,(H,83,105)(H,84,106)(H,85,95)(H,86,96)(H,107,108)(H,109,110)/t41?,42?,45?,46?,47?,48?,51-,52-,53+,54+,55?,56?,59?,60?,61-,62-,63+,64+,65?,66?,67?,68?,69?,70?,71?,72?,77-,78-,79+,80+/m1/s1. The molecule has 18 unspecified atom stereocenters. The fourth-order valence-electron chi connectivity index (χ4n) is 18.2. The third kappa shape index (κ3) is 26.9. The van der Waals surface area contributed by atoms with Crippen molar-refractivity contribution in [3.8, 4) is 0 Å². The fraction of sp³-hybridized carbons (Fsp3) is 0.875. The van der Waals surface area contributed by atoms with Crippen molar-refractivity contribution in [2.24, 2.45) is 47.0 Å². The van der Waals surface area contributed by atoms with Gasteiger partial charge in [0.2, 0.25) is 23.6 Å². The Morgan fingerprint density at radius 2 is 0.885 bits per heavy atom. The number of aryl methyl sites for hydroxylation is 2. The number of aliphatic hydroxyl groups excluding tert-OH is 10. The van der Waals surface area contributed by atoms with Crippen LogP contribution in [-0.4, -0.2) is 339 Å². The second-order valence-corrected chi connectivity index (χ2v) is 34.0. The molecule has 0 bridgehead atoms. The molecular weight excluding hydrogens is 1610 g/mol. The molecule has 42 nitrogen and oxygen atoms in total. The number of aromatic nitrogens is 6. The molecule has 4 saturated heterocycles. The van der Waals surface area contributed by atoms with Gasteiger partial charge < -0.3 is 151 Å². The van der Waals surface area contributed by atoms with E-state index in [-0.39, 0.29) is 154 Å². The molecule has 4 saturated carbocycles. The number of carbonyl (C=O) groups is 6. The van der Waals surface area contributed by atoms with Crippen molar-refractivity contribution in [2.45, 2.75) is 355 Å². The van der Waals surface area contributed by atoms with Crippen LogP contribution in [0.15, 0.2) is 12.4 Å². The number of nitrogens with one attached hydrogen (secondary N) is 4. The number of carboxylic acids is 2. The lowest BCUT2D eigenvalue weighted by atomic mass is 9.75. The minimum Gasteiger partial charge on any atom is -0.479 e. The summed E-state index contributed by atoms with van der Waals surface area (Å²) < 4.78 is 78.5. The molecule has 4 aliphatic heterocycles. The van der Waals surface area contributed by atoms with Crippen LogP contribution in [0.5, 0.6) is 0 Å². The molecule has 42 heteroatoms. The summed E-state index contributed by atoms with van der Waals surface area (Å²) in [7, 11) is 0. The molecule has 30 atom stereocenters. The van der Waals surface area contributed by atoms with Gasteiger partial charge in [-0.15, -0.1) is 10.2 Å². The van der Waals surface area contributed by atoms with Crippen LogP contribution in [0.3, 0.4) is 0 Å². The zero-order chi connectivity index (χ0) is 87.8. The van der Waals surface area contributed by atoms with Gasteiger partial charge in [0.1, 0.15) is 96.7 Å². The SMILES string of the molecule is CCC1CC(C(=O)NCCN)C[C@@H](O[C@@H]2OC(CO)[C@H](O)C(O[C@@H](CC3CCCCC3)C(=O)O)C2NC(=O)CCCn2cc(COCCOCc3cn(CCCC(=O)NC4C(O[C@@H](CC5CCCCC5)C(=O)O)[C@@H](O)C(CO)O[C@H]4O[C@@H]4CC(C(=O)NCCN)CC(CC)C4O[C@@H]4OC(C)[C@@H](O)C(O)C4O)nn3)nn2)C1O[C@@H]1OC(C)[C@@H](O)C(O)C1O. The maximum absolute atomic E-state index is 14.3. The fourth-order valence-corrected chi connectivity index (χ4v) is 18.2. The van der Waals surface area contributed by atoms with E-state index in [1.54, 1.807) is 12.4 Å². The van der Waals surface area contributed by atoms with Gasteiger partial charge in [-0.25, -0.2) is 9.59 Å². The summed E-state index contributed by atoms with van der Waals surface area (Å²) in [5.74, 6) is -6.84. The van der Waals surface area contributed by atoms with Gasteiger partial charge >= 0.3 is 11.9 Å². The average Bonchev–Trinajstić information content (AvgIpc) is 0.851. The monoisotopic (exact) mass is 1740 g/mol. The van der Waals surface area contributed by atoms with Crippen molar-refractivity contribution in [3.63, 3.8) is 0 Å². The molecule has 20 N–H and O–H groups in total. The van der Waals surface area contributed by atoms with Crippen LogP contribution >= 0.6 is 0 Å². The number of nitrogens with two attached hydrogens (primary N) is 2. The molecular formula is C80H134N12O30. The zero-order valence-electron chi connectivity index (χ0n) is 70.2. The maximum atomic E-state index is 14.3. The van der Waals surface area contributed by atoms with E-state index < -0.39 is 220 Å². The van der Waals surface area contributed by atoms with Gasteiger partial charge in [-0.3, -0.25) is 28.5 Å². The first kappa shape index (κ1) is 98.3. The first-order chi connectivity index (χ1) is 58.6. The Labute approximate surface area is 709 Å². The van der Waals surface area contributed by atoms with Crippen molar-refractivity contribution in [3.05, 3.63) is 23.8 Å². The van der Waals surface area contributed by atoms with Gasteiger partial charge in [-0.1, -0.05) is 101 Å². The third-order valence-corrected chi connectivity index (χ3v) is 25.1. The number of nitrogens with zero attached hydrogens (tertiary/aromatic N) is 6. The molecule has 0 aromatic carbocycles. The number of hydrogen-bond donors (Lipinski definition) is 18. The topological polar surface area (TPSA) is 618 Å². The Balaban J connectivity index is 0.735. The Kier molecular flexibility index (Phi) is 39.0. The highest BCUT2D eigenvalue weighted by atomic mass is 16.7. The molecule has 8 fully saturated rings. The zero-order valence-corrected chi connectivity index (χ0v) is 70.2. The number of hydrogen-bond acceptors (Lipinski definition) is 34. The Bertz CT molecular complexity index is 3290. The molecule has 2 aromatic heterocycles. The molecule has 8 aliphatic rings. The van der Waals surface area contributed by atoms with Crippen LogP contribution in [0.4, 0.5) is 0 Å². The number of ether oxygens (including phenoxy) is 12. The lowest BCUT2D eigenvalue weighted by Crippen LogP contribution is -2.67. The smallest absolute Gasteiger partial charge is 0.332 e. The second kappa shape index (κ2) is 48.3. The van der Waals surface area contributed by atoms with Crippen molar-refractivity contribution >= 4 is 35.6 Å². The number of aliphatic hydroxyl groups is 10. The van der Waals surface area contributed by atoms with E-state index in [4.69, 9.17) is 68.3 Å². The van der Waals surface area contributed by atoms with Crippen molar-refractivity contribution < 1.29 is 147 Å². The van der Waals surface area contributed by atoms with Crippen LogP contribution in [-0.2, 0) is 112 Å². The lowest BCUT2D eigenvalue weighted by Gasteiger charge is -2.49. The van der Waals surface area contributed by atoms with E-state index in [9.17, 15) is 90.0 Å². The van der Waals surface area contributed by atoms with E-state index in [2.05, 4.69) is 41.9 Å². The van der Waals surface area contributed by atoms with Crippen molar-refractivity contribution in [1.29, 1.82) is 0 Å². The molecule has 0 radical (unpaired) electrons. The van der Waals surface area contributed by atoms with Gasteiger partial charge in [0.25, 0.3) is 0 Å². The number of carbonyl (C=O) groups excluding carboxylic acids is 4. The van der Waals surface area contributed by atoms with Crippen molar-refractivity contribution in [1.82, 2.24) is 51.3 Å². The van der Waals surface area contributed by atoms with Crippen LogP contribution < -0.4 is 32.7 Å². The summed E-state index contributed by atoms with van der Waals surface area (Å²) >= 11 is 0. The highest BCUT2D eigenvalue weighted by Crippen LogP contribution is 2.43. The molecule has 4 aliphatic carbocycles. The van der Waals surface area contributed by atoms with E-state index in [1.165, 1.54) is 23.2 Å². The summed E-state index contributed by atoms with van der Waals surface area (Å²) in [4.78, 5) is 82.3. The first-order valence-corrected chi connectivity index (χ1v) is 43.8. The molecule has 2 aromatic rings.